The number of anilines is 1. The summed E-state index contributed by atoms with van der Waals surface area (Å²) in [5, 5.41) is 33.8. The molecule has 0 aliphatic carbocycles. The van der Waals surface area contributed by atoms with Gasteiger partial charge in [0, 0.05) is 24.2 Å². The van der Waals surface area contributed by atoms with Crippen molar-refractivity contribution in [2.45, 2.75) is 64.5 Å². The highest BCUT2D eigenvalue weighted by molar-refractivity contribution is 5.82. The molecule has 1 unspecified atom stereocenters. The molecule has 0 bridgehead atoms. The van der Waals surface area contributed by atoms with Crippen LogP contribution in [0, 0.1) is 27.4 Å². The van der Waals surface area contributed by atoms with Crippen molar-refractivity contribution in [3.8, 4) is 17.6 Å². The molecule has 0 spiro atoms. The summed E-state index contributed by atoms with van der Waals surface area (Å²) in [5.41, 5.74) is 4.53. The minimum absolute atomic E-state index is 0.0185. The number of carbonyl (C=O) groups excluding carboxylic acids is 1. The molecule has 47 heavy (non-hydrogen) atoms. The summed E-state index contributed by atoms with van der Waals surface area (Å²) >= 11 is 0. The van der Waals surface area contributed by atoms with Crippen LogP contribution >= 0.6 is 0 Å². The highest BCUT2D eigenvalue weighted by atomic mass is 19.4. The average Bonchev–Trinajstić information content (AvgIpc) is 3.53. The number of nitrogens with zero attached hydrogens (tertiary/aromatic N) is 3. The molecule has 1 aliphatic rings. The van der Waals surface area contributed by atoms with E-state index in [1.54, 1.807) is 26.1 Å². The molecule has 15 nitrogen and oxygen atoms in total. The van der Waals surface area contributed by atoms with Crippen molar-refractivity contribution in [2.24, 2.45) is 5.41 Å². The number of aliphatic hydroxyl groups excluding tert-OH is 2. The fraction of sp³-hybridized carbons (Fsp3) is 0.483. The highest BCUT2D eigenvalue weighted by Gasteiger charge is 2.39. The number of fused-ring (bicyclic) bond motifs is 1. The van der Waals surface area contributed by atoms with Gasteiger partial charge in [0.2, 0.25) is 5.95 Å². The van der Waals surface area contributed by atoms with Crippen LogP contribution in [0.5, 0.6) is 5.75 Å². The fourth-order valence-electron chi connectivity index (χ4n) is 5.19. The monoisotopic (exact) mass is 666 g/mol. The molecule has 18 heteroatoms. The molecule has 3 aromatic rings. The van der Waals surface area contributed by atoms with E-state index in [9.17, 15) is 43.1 Å². The van der Waals surface area contributed by atoms with Crippen LogP contribution < -0.4 is 21.3 Å². The van der Waals surface area contributed by atoms with Crippen molar-refractivity contribution in [2.75, 3.05) is 26.0 Å². The number of alkyl halides is 3. The van der Waals surface area contributed by atoms with E-state index in [1.165, 1.54) is 23.9 Å². The van der Waals surface area contributed by atoms with E-state index in [2.05, 4.69) is 21.8 Å². The Bertz CT molecular complexity index is 1790. The first kappa shape index (κ1) is 35.2. The maximum Gasteiger partial charge on any atom is 0.471 e. The van der Waals surface area contributed by atoms with Crippen LogP contribution in [0.3, 0.4) is 0 Å². The number of hydrogen-bond donors (Lipinski definition) is 5. The first-order chi connectivity index (χ1) is 22.0. The average molecular weight is 667 g/mol. The number of aliphatic hydroxyl groups is 2. The van der Waals surface area contributed by atoms with E-state index in [1.807, 2.05) is 0 Å². The number of nitro benzene ring substituents is 1. The number of nitrogen functional groups attached to an aromatic ring is 1. The third kappa shape index (κ3) is 7.65. The van der Waals surface area contributed by atoms with Gasteiger partial charge in [-0.15, -0.1) is 0 Å². The predicted molar refractivity (Wildman–Crippen MR) is 159 cm³/mol. The number of nitro groups is 1. The lowest BCUT2D eigenvalue weighted by Gasteiger charge is -2.31. The van der Waals surface area contributed by atoms with Crippen LogP contribution in [0.1, 0.15) is 56.2 Å². The molecule has 1 fully saturated rings. The van der Waals surface area contributed by atoms with Crippen molar-refractivity contribution in [3.63, 3.8) is 0 Å². The van der Waals surface area contributed by atoms with E-state index in [4.69, 9.17) is 19.9 Å². The van der Waals surface area contributed by atoms with Crippen LogP contribution in [-0.2, 0) is 20.9 Å². The Morgan fingerprint density at radius 1 is 1.36 bits per heavy atom. The highest BCUT2D eigenvalue weighted by Crippen LogP contribution is 2.43. The fourth-order valence-corrected chi connectivity index (χ4v) is 5.19. The summed E-state index contributed by atoms with van der Waals surface area (Å²) in [6, 6.07) is 2.44. The van der Waals surface area contributed by atoms with Gasteiger partial charge in [-0.1, -0.05) is 32.6 Å². The lowest BCUT2D eigenvalue weighted by Crippen LogP contribution is -2.36. The maximum absolute atomic E-state index is 13.0. The molecular weight excluding hydrogens is 633 g/mol. The summed E-state index contributed by atoms with van der Waals surface area (Å²) in [5.74, 6) is 2.52. The zero-order chi connectivity index (χ0) is 34.8. The molecule has 0 saturated carbocycles. The van der Waals surface area contributed by atoms with E-state index in [-0.39, 0.29) is 46.9 Å². The van der Waals surface area contributed by atoms with Crippen LogP contribution in [0.15, 0.2) is 23.1 Å². The second-order valence-electron chi connectivity index (χ2n) is 11.7. The third-order valence-corrected chi connectivity index (χ3v) is 7.31. The van der Waals surface area contributed by atoms with Gasteiger partial charge in [-0.25, -0.2) is 0 Å². The Balaban J connectivity index is 1.71. The van der Waals surface area contributed by atoms with Crippen LogP contribution in [0.2, 0.25) is 0 Å². The third-order valence-electron chi connectivity index (χ3n) is 7.31. The molecule has 3 heterocycles. The lowest BCUT2D eigenvalue weighted by atomic mass is 9.83. The van der Waals surface area contributed by atoms with Gasteiger partial charge in [-0.3, -0.25) is 24.7 Å². The summed E-state index contributed by atoms with van der Waals surface area (Å²) in [7, 11) is 1.28. The smallest absolute Gasteiger partial charge is 0.471 e. The van der Waals surface area contributed by atoms with E-state index >= 15 is 0 Å². The number of carbonyl (C=O) groups is 1. The summed E-state index contributed by atoms with van der Waals surface area (Å²) < 4.78 is 56.3. The van der Waals surface area contributed by atoms with E-state index < -0.39 is 71.4 Å². The Morgan fingerprint density at radius 2 is 2.06 bits per heavy atom. The molecule has 2 aromatic heterocycles. The molecule has 1 amide bonds. The number of aromatic nitrogens is 3. The van der Waals surface area contributed by atoms with Gasteiger partial charge >= 0.3 is 12.1 Å². The second-order valence-corrected chi connectivity index (χ2v) is 11.7. The predicted octanol–water partition coefficient (Wildman–Crippen LogP) is 2.20. The van der Waals surface area contributed by atoms with Gasteiger partial charge in [0.25, 0.3) is 11.2 Å². The standard InChI is InChI=1S/C29H33F3N6O9/c1-28(2,3)23(16-9-19(45-4)14(8-17(16)38(43)44)6-5-7-34-26(42)29(30,31)32)46-13-15-11-37(21-10-18(40)20(12-39)47-21)24-22(15)25(41)36-27(33)35-24/h8-9,11,18,20-21,23,39-40H,7,10,12-13H2,1-4H3,(H,34,42)(H3,33,35,36,41)/t18?,20-,21-,23-/m1/s1. The van der Waals surface area contributed by atoms with Gasteiger partial charge in [0.05, 0.1) is 60.5 Å². The molecule has 1 aliphatic heterocycles. The number of H-pyrrole nitrogens is 1. The number of nitrogens with two attached hydrogens (primary N) is 1. The molecule has 1 aromatic carbocycles. The number of ether oxygens (including phenoxy) is 3. The Morgan fingerprint density at radius 3 is 2.64 bits per heavy atom. The normalized spacial score (nSPS) is 18.9. The van der Waals surface area contributed by atoms with Gasteiger partial charge < -0.3 is 40.0 Å². The first-order valence-electron chi connectivity index (χ1n) is 14.1. The number of amides is 1. The number of methoxy groups -OCH3 is 1. The van der Waals surface area contributed by atoms with Crippen molar-refractivity contribution >= 4 is 28.6 Å². The SMILES string of the molecule is COc1cc([C@@H](OCc2cn([C@H]3CC(O)[C@@H](CO)O3)c3nc(N)[nH]c(=O)c23)C(C)(C)C)c([N+](=O)[O-])cc1C#CCNC(=O)C(F)(F)F. The summed E-state index contributed by atoms with van der Waals surface area (Å²) in [4.78, 5) is 42.3. The van der Waals surface area contributed by atoms with Crippen molar-refractivity contribution in [1.82, 2.24) is 19.9 Å². The quantitative estimate of drug-likeness (QED) is 0.127. The number of nitrogens with one attached hydrogen (secondary N) is 2. The lowest BCUT2D eigenvalue weighted by molar-refractivity contribution is -0.386. The summed E-state index contributed by atoms with van der Waals surface area (Å²) in [6.45, 7) is 3.95. The number of hydrogen-bond acceptors (Lipinski definition) is 11. The zero-order valence-corrected chi connectivity index (χ0v) is 25.7. The molecule has 6 N–H and O–H groups in total. The number of halogens is 3. The first-order valence-corrected chi connectivity index (χ1v) is 14.1. The Labute approximate surface area is 265 Å². The van der Waals surface area contributed by atoms with Gasteiger partial charge in [-0.05, 0) is 11.5 Å². The van der Waals surface area contributed by atoms with Gasteiger partial charge in [-0.2, -0.15) is 18.2 Å². The number of rotatable bonds is 9. The van der Waals surface area contributed by atoms with Crippen LogP contribution in [0.25, 0.3) is 11.0 Å². The topological polar surface area (TPSA) is 217 Å². The molecule has 254 valence electrons. The van der Waals surface area contributed by atoms with Crippen LogP contribution in [-0.4, -0.2) is 74.2 Å². The zero-order valence-electron chi connectivity index (χ0n) is 25.7. The van der Waals surface area contributed by atoms with Crippen molar-refractivity contribution in [3.05, 3.63) is 55.5 Å². The van der Waals surface area contributed by atoms with E-state index in [0.29, 0.717) is 5.56 Å². The summed E-state index contributed by atoms with van der Waals surface area (Å²) in [6.07, 6.45) is -7.10. The molecular formula is C29H33F3N6O9. The van der Waals surface area contributed by atoms with Gasteiger partial charge in [0.15, 0.2) is 5.65 Å². The minimum Gasteiger partial charge on any atom is -0.495 e. The maximum atomic E-state index is 13.0. The largest absolute Gasteiger partial charge is 0.495 e. The van der Waals surface area contributed by atoms with Crippen LogP contribution in [0.4, 0.5) is 24.8 Å². The Hall–Kier alpha value is -4.70. The molecule has 4 atom stereocenters. The second kappa shape index (κ2) is 13.6. The van der Waals surface area contributed by atoms with Crippen molar-refractivity contribution in [1.29, 1.82) is 0 Å². The molecule has 4 rings (SSSR count). The minimum atomic E-state index is -5.09. The molecule has 1 saturated heterocycles. The molecule has 0 radical (unpaired) electrons. The van der Waals surface area contributed by atoms with Crippen molar-refractivity contribution < 1.29 is 47.3 Å². The number of aromatic amines is 1. The van der Waals surface area contributed by atoms with E-state index in [0.717, 1.165) is 6.07 Å². The Kier molecular flexibility index (Phi) is 10.2. The van der Waals surface area contributed by atoms with Gasteiger partial charge in [0.1, 0.15) is 18.1 Å². The number of benzene rings is 1.